The molecule has 0 unspecified atom stereocenters. The minimum atomic E-state index is -0.542. The quantitative estimate of drug-likeness (QED) is 0.707. The molecule has 1 aliphatic rings. The monoisotopic (exact) mass is 374 g/mol. The van der Waals surface area contributed by atoms with Crippen LogP contribution in [0.15, 0.2) is 30.3 Å². The van der Waals surface area contributed by atoms with Crippen molar-refractivity contribution in [3.05, 3.63) is 35.9 Å². The van der Waals surface area contributed by atoms with E-state index in [2.05, 4.69) is 5.32 Å². The molecule has 0 bridgehead atoms. The van der Waals surface area contributed by atoms with Gasteiger partial charge in [-0.15, -0.1) is 0 Å². The van der Waals surface area contributed by atoms with Crippen LogP contribution in [-0.4, -0.2) is 59.7 Å². The highest BCUT2D eigenvalue weighted by Crippen LogP contribution is 2.19. The zero-order chi connectivity index (χ0) is 20.0. The number of hydrogen-bond acceptors (Lipinski definition) is 4. The van der Waals surface area contributed by atoms with Crippen LogP contribution < -0.4 is 11.1 Å². The molecular weight excluding hydrogens is 344 g/mol. The number of carbonyl (C=O) groups excluding carboxylic acids is 3. The molecule has 27 heavy (non-hydrogen) atoms. The Bertz CT molecular complexity index is 662. The number of nitrogens with zero attached hydrogens (tertiary/aromatic N) is 2. The summed E-state index contributed by atoms with van der Waals surface area (Å²) in [6.07, 6.45) is 0.564. The molecule has 3 amide bonds. The number of amides is 3. The van der Waals surface area contributed by atoms with Crippen molar-refractivity contribution in [3.8, 4) is 0 Å². The van der Waals surface area contributed by atoms with Gasteiger partial charge in [-0.25, -0.2) is 0 Å². The molecule has 7 heteroatoms. The lowest BCUT2D eigenvalue weighted by Gasteiger charge is -2.41. The third-order valence-electron chi connectivity index (χ3n) is 4.80. The topological polar surface area (TPSA) is 95.7 Å². The van der Waals surface area contributed by atoms with Crippen LogP contribution in [0, 0.1) is 5.92 Å². The molecule has 1 aliphatic heterocycles. The first-order chi connectivity index (χ1) is 12.8. The Hall–Kier alpha value is -2.41. The second-order valence-electron chi connectivity index (χ2n) is 7.47. The van der Waals surface area contributed by atoms with E-state index in [4.69, 9.17) is 5.73 Å². The first-order valence-electron chi connectivity index (χ1n) is 9.44. The fourth-order valence-electron chi connectivity index (χ4n) is 3.36. The van der Waals surface area contributed by atoms with Crippen molar-refractivity contribution in [2.75, 3.05) is 26.2 Å². The van der Waals surface area contributed by atoms with Gasteiger partial charge < -0.3 is 20.9 Å². The highest BCUT2D eigenvalue weighted by Gasteiger charge is 2.37. The fourth-order valence-corrected chi connectivity index (χ4v) is 3.36. The van der Waals surface area contributed by atoms with Crippen LogP contribution in [0.4, 0.5) is 0 Å². The lowest BCUT2D eigenvalue weighted by atomic mass is 9.99. The van der Waals surface area contributed by atoms with Gasteiger partial charge in [0.2, 0.25) is 17.7 Å². The highest BCUT2D eigenvalue weighted by molar-refractivity contribution is 5.91. The van der Waals surface area contributed by atoms with E-state index in [1.54, 1.807) is 4.90 Å². The summed E-state index contributed by atoms with van der Waals surface area (Å²) in [6.45, 7) is 6.83. The van der Waals surface area contributed by atoms with Gasteiger partial charge in [-0.05, 0) is 24.8 Å². The van der Waals surface area contributed by atoms with Crippen molar-refractivity contribution in [2.24, 2.45) is 11.7 Å². The van der Waals surface area contributed by atoms with Crippen molar-refractivity contribution in [1.82, 2.24) is 15.1 Å². The first kappa shape index (κ1) is 20.9. The molecule has 0 radical (unpaired) electrons. The number of nitrogens with one attached hydrogen (secondary N) is 1. The molecule has 2 rings (SSSR count). The zero-order valence-electron chi connectivity index (χ0n) is 16.4. The molecule has 1 aromatic rings. The predicted octanol–water partition coefficient (Wildman–Crippen LogP) is 0.908. The number of piperazine rings is 1. The average Bonchev–Trinajstić information content (AvgIpc) is 2.63. The number of benzene rings is 1. The summed E-state index contributed by atoms with van der Waals surface area (Å²) in [7, 11) is 0. The van der Waals surface area contributed by atoms with E-state index in [1.165, 1.54) is 4.90 Å². The Balaban J connectivity index is 2.02. The van der Waals surface area contributed by atoms with Gasteiger partial charge in [0.1, 0.15) is 6.04 Å². The van der Waals surface area contributed by atoms with Gasteiger partial charge in [0.25, 0.3) is 0 Å². The van der Waals surface area contributed by atoms with Crippen molar-refractivity contribution in [3.63, 3.8) is 0 Å². The molecule has 7 nitrogen and oxygen atoms in total. The second kappa shape index (κ2) is 9.50. The molecule has 3 N–H and O–H groups in total. The molecule has 148 valence electrons. The Labute approximate surface area is 160 Å². The SMILES string of the molecule is CC(C)C[C@H]1C(=O)N(CC(N)=O)CCN1C(=O)CN[C@H](C)c1ccccc1. The van der Waals surface area contributed by atoms with Crippen molar-refractivity contribution >= 4 is 17.7 Å². The van der Waals surface area contributed by atoms with Gasteiger partial charge in [0.05, 0.1) is 13.1 Å². The molecule has 1 aromatic carbocycles. The summed E-state index contributed by atoms with van der Waals surface area (Å²) in [6, 6.07) is 9.39. The predicted molar refractivity (Wildman–Crippen MR) is 104 cm³/mol. The molecule has 0 saturated carbocycles. The lowest BCUT2D eigenvalue weighted by molar-refractivity contribution is -0.152. The summed E-state index contributed by atoms with van der Waals surface area (Å²) in [4.78, 5) is 39.9. The van der Waals surface area contributed by atoms with E-state index in [0.29, 0.717) is 19.5 Å². The van der Waals surface area contributed by atoms with Crippen molar-refractivity contribution in [2.45, 2.75) is 39.3 Å². The highest BCUT2D eigenvalue weighted by atomic mass is 16.2. The third kappa shape index (κ3) is 5.79. The molecule has 2 atom stereocenters. The maximum Gasteiger partial charge on any atom is 0.245 e. The van der Waals surface area contributed by atoms with Crippen LogP contribution in [0.3, 0.4) is 0 Å². The van der Waals surface area contributed by atoms with Crippen LogP contribution in [0.1, 0.15) is 38.8 Å². The Morgan fingerprint density at radius 3 is 2.44 bits per heavy atom. The molecule has 1 heterocycles. The van der Waals surface area contributed by atoms with Crippen LogP contribution >= 0.6 is 0 Å². The minimum Gasteiger partial charge on any atom is -0.368 e. The van der Waals surface area contributed by atoms with E-state index in [-0.39, 0.29) is 36.9 Å². The summed E-state index contributed by atoms with van der Waals surface area (Å²) in [5, 5.41) is 3.24. The van der Waals surface area contributed by atoms with Gasteiger partial charge in [0, 0.05) is 19.1 Å². The minimum absolute atomic E-state index is 0.0329. The maximum atomic E-state index is 12.8. The summed E-state index contributed by atoms with van der Waals surface area (Å²) < 4.78 is 0. The number of carbonyl (C=O) groups is 3. The maximum absolute atomic E-state index is 12.8. The fraction of sp³-hybridized carbons (Fsp3) is 0.550. The van der Waals surface area contributed by atoms with Gasteiger partial charge in [-0.3, -0.25) is 14.4 Å². The van der Waals surface area contributed by atoms with E-state index in [1.807, 2.05) is 51.1 Å². The number of primary amides is 1. The summed E-state index contributed by atoms with van der Waals surface area (Å²) in [5.74, 6) is -0.586. The number of hydrogen-bond donors (Lipinski definition) is 2. The Kier molecular flexibility index (Phi) is 7.36. The van der Waals surface area contributed by atoms with Gasteiger partial charge in [-0.2, -0.15) is 0 Å². The summed E-state index contributed by atoms with van der Waals surface area (Å²) >= 11 is 0. The molecule has 1 fully saturated rings. The van der Waals surface area contributed by atoms with Gasteiger partial charge in [-0.1, -0.05) is 44.2 Å². The van der Waals surface area contributed by atoms with E-state index < -0.39 is 11.9 Å². The van der Waals surface area contributed by atoms with Crippen LogP contribution in [0.2, 0.25) is 0 Å². The van der Waals surface area contributed by atoms with E-state index >= 15 is 0 Å². The molecular formula is C20H30N4O3. The average molecular weight is 374 g/mol. The summed E-state index contributed by atoms with van der Waals surface area (Å²) in [5.41, 5.74) is 6.34. The van der Waals surface area contributed by atoms with E-state index in [0.717, 1.165) is 5.56 Å². The largest absolute Gasteiger partial charge is 0.368 e. The molecule has 0 aliphatic carbocycles. The van der Waals surface area contributed by atoms with Crippen LogP contribution in [0.5, 0.6) is 0 Å². The Morgan fingerprint density at radius 1 is 1.19 bits per heavy atom. The lowest BCUT2D eigenvalue weighted by Crippen LogP contribution is -2.61. The van der Waals surface area contributed by atoms with Gasteiger partial charge >= 0.3 is 0 Å². The zero-order valence-corrected chi connectivity index (χ0v) is 16.4. The van der Waals surface area contributed by atoms with Crippen LogP contribution in [0.25, 0.3) is 0 Å². The standard InChI is InChI=1S/C20H30N4O3/c1-14(2)11-17-20(27)23(13-18(21)25)9-10-24(17)19(26)12-22-15(3)16-7-5-4-6-8-16/h4-8,14-15,17,22H,9-13H2,1-3H3,(H2,21,25)/t15-,17+/m1/s1. The number of nitrogens with two attached hydrogens (primary N) is 1. The second-order valence-corrected chi connectivity index (χ2v) is 7.47. The van der Waals surface area contributed by atoms with E-state index in [9.17, 15) is 14.4 Å². The normalized spacial score (nSPS) is 18.7. The molecule has 1 saturated heterocycles. The van der Waals surface area contributed by atoms with Crippen molar-refractivity contribution in [1.29, 1.82) is 0 Å². The smallest absolute Gasteiger partial charge is 0.245 e. The number of rotatable bonds is 8. The van der Waals surface area contributed by atoms with Crippen LogP contribution in [-0.2, 0) is 14.4 Å². The Morgan fingerprint density at radius 2 is 1.85 bits per heavy atom. The van der Waals surface area contributed by atoms with Gasteiger partial charge in [0.15, 0.2) is 0 Å². The van der Waals surface area contributed by atoms with Crippen molar-refractivity contribution < 1.29 is 14.4 Å². The third-order valence-corrected chi connectivity index (χ3v) is 4.80. The first-order valence-corrected chi connectivity index (χ1v) is 9.44. The molecule has 0 aromatic heterocycles. The molecule has 0 spiro atoms.